The fourth-order valence-electron chi connectivity index (χ4n) is 2.46. The molecule has 0 N–H and O–H groups in total. The van der Waals surface area contributed by atoms with Crippen molar-refractivity contribution in [1.82, 2.24) is 19.7 Å². The van der Waals surface area contributed by atoms with E-state index in [1.165, 1.54) is 18.4 Å². The van der Waals surface area contributed by atoms with Gasteiger partial charge in [0.05, 0.1) is 18.4 Å². The lowest BCUT2D eigenvalue weighted by Gasteiger charge is -2.08. The van der Waals surface area contributed by atoms with Gasteiger partial charge in [0.15, 0.2) is 5.65 Å². The lowest BCUT2D eigenvalue weighted by atomic mass is 10.1. The summed E-state index contributed by atoms with van der Waals surface area (Å²) in [6.07, 6.45) is 6.12. The smallest absolute Gasteiger partial charge is 0.177 e. The van der Waals surface area contributed by atoms with E-state index < -0.39 is 0 Å². The molecule has 0 aliphatic heterocycles. The van der Waals surface area contributed by atoms with Gasteiger partial charge in [-0.2, -0.15) is 5.10 Å². The van der Waals surface area contributed by atoms with Gasteiger partial charge in [-0.25, -0.2) is 14.6 Å². The van der Waals surface area contributed by atoms with Crippen LogP contribution in [0.15, 0.2) is 42.7 Å². The van der Waals surface area contributed by atoms with Crippen molar-refractivity contribution in [2.75, 3.05) is 0 Å². The van der Waals surface area contributed by atoms with Gasteiger partial charge in [-0.05, 0) is 18.4 Å². The van der Waals surface area contributed by atoms with Crippen LogP contribution in [0.3, 0.4) is 0 Å². The predicted octanol–water partition coefficient (Wildman–Crippen LogP) is 2.93. The molecule has 0 saturated heterocycles. The lowest BCUT2D eigenvalue weighted by molar-refractivity contribution is 0.692. The molecule has 0 atom stereocenters. The first-order valence-electron chi connectivity index (χ1n) is 6.98. The Morgan fingerprint density at radius 2 is 1.95 bits per heavy atom. The summed E-state index contributed by atoms with van der Waals surface area (Å²) >= 11 is 0. The monoisotopic (exact) mass is 264 g/mol. The Morgan fingerprint density at radius 3 is 2.70 bits per heavy atom. The molecule has 2 heterocycles. The van der Waals surface area contributed by atoms with Gasteiger partial charge in [0, 0.05) is 11.6 Å². The predicted molar refractivity (Wildman–Crippen MR) is 77.5 cm³/mol. The van der Waals surface area contributed by atoms with Crippen LogP contribution in [0, 0.1) is 0 Å². The molecule has 1 fully saturated rings. The Bertz CT molecular complexity index is 757. The first kappa shape index (κ1) is 11.6. The highest BCUT2D eigenvalue weighted by Crippen LogP contribution is 2.46. The molecule has 4 heteroatoms. The molecule has 1 aromatic carbocycles. The average molecular weight is 264 g/mol. The molecule has 4 nitrogen and oxygen atoms in total. The highest BCUT2D eigenvalue weighted by atomic mass is 15.3. The van der Waals surface area contributed by atoms with Gasteiger partial charge >= 0.3 is 0 Å². The molecule has 2 aromatic heterocycles. The van der Waals surface area contributed by atoms with Crippen LogP contribution in [0.1, 0.15) is 31.0 Å². The van der Waals surface area contributed by atoms with Crippen LogP contribution in [0.2, 0.25) is 0 Å². The maximum absolute atomic E-state index is 4.80. The lowest BCUT2D eigenvalue weighted by Crippen LogP contribution is -2.07. The summed E-state index contributed by atoms with van der Waals surface area (Å²) in [6.45, 7) is 2.99. The number of hydrogen-bond donors (Lipinski definition) is 0. The van der Waals surface area contributed by atoms with Gasteiger partial charge in [0.25, 0.3) is 0 Å². The molecular formula is C16H16N4. The van der Waals surface area contributed by atoms with Crippen molar-refractivity contribution in [1.29, 1.82) is 0 Å². The molecule has 20 heavy (non-hydrogen) atoms. The fraction of sp³-hybridized carbons (Fsp3) is 0.312. The van der Waals surface area contributed by atoms with Crippen LogP contribution in [0.5, 0.6) is 0 Å². The van der Waals surface area contributed by atoms with Gasteiger partial charge in [0.1, 0.15) is 5.52 Å². The molecule has 100 valence electrons. The van der Waals surface area contributed by atoms with Gasteiger partial charge in [-0.3, -0.25) is 0 Å². The Kier molecular flexibility index (Phi) is 2.39. The third-order valence-corrected chi connectivity index (χ3v) is 4.14. The SMILES string of the molecule is CC1(c2cnc3cnn(Cc4ccccc4)c3n2)CC1. The second-order valence-electron chi connectivity index (χ2n) is 5.81. The van der Waals surface area contributed by atoms with Crippen molar-refractivity contribution >= 4 is 11.2 Å². The van der Waals surface area contributed by atoms with Crippen LogP contribution >= 0.6 is 0 Å². The summed E-state index contributed by atoms with van der Waals surface area (Å²) in [5.41, 5.74) is 4.32. The highest BCUT2D eigenvalue weighted by Gasteiger charge is 2.41. The fourth-order valence-corrected chi connectivity index (χ4v) is 2.46. The summed E-state index contributed by atoms with van der Waals surface area (Å²) in [4.78, 5) is 9.31. The third-order valence-electron chi connectivity index (χ3n) is 4.14. The summed E-state index contributed by atoms with van der Waals surface area (Å²) in [6, 6.07) is 10.3. The van der Waals surface area contributed by atoms with Crippen molar-refractivity contribution in [3.05, 3.63) is 54.0 Å². The number of benzene rings is 1. The third kappa shape index (κ3) is 1.88. The van der Waals surface area contributed by atoms with Crippen molar-refractivity contribution in [3.63, 3.8) is 0 Å². The molecule has 0 bridgehead atoms. The molecule has 1 saturated carbocycles. The zero-order valence-electron chi connectivity index (χ0n) is 11.5. The maximum Gasteiger partial charge on any atom is 0.177 e. The number of nitrogens with zero attached hydrogens (tertiary/aromatic N) is 4. The number of hydrogen-bond acceptors (Lipinski definition) is 3. The van der Waals surface area contributed by atoms with Crippen LogP contribution in [0.4, 0.5) is 0 Å². The molecule has 1 aliphatic carbocycles. The maximum atomic E-state index is 4.80. The molecular weight excluding hydrogens is 248 g/mol. The van der Waals surface area contributed by atoms with Crippen molar-refractivity contribution in [2.24, 2.45) is 0 Å². The van der Waals surface area contributed by atoms with Gasteiger partial charge < -0.3 is 0 Å². The van der Waals surface area contributed by atoms with Crippen molar-refractivity contribution in [3.8, 4) is 0 Å². The Hall–Kier alpha value is -2.23. The first-order valence-corrected chi connectivity index (χ1v) is 6.98. The van der Waals surface area contributed by atoms with Crippen LogP contribution in [0.25, 0.3) is 11.2 Å². The van der Waals surface area contributed by atoms with Gasteiger partial charge in [-0.15, -0.1) is 0 Å². The van der Waals surface area contributed by atoms with E-state index in [9.17, 15) is 0 Å². The standard InChI is InChI=1S/C16H16N4/c1-16(7-8-16)14-10-17-13-9-18-20(15(13)19-14)11-12-5-3-2-4-6-12/h2-6,9-10H,7-8,11H2,1H3. The van der Waals surface area contributed by atoms with E-state index in [-0.39, 0.29) is 5.41 Å². The molecule has 0 spiro atoms. The second-order valence-corrected chi connectivity index (χ2v) is 5.81. The molecule has 0 amide bonds. The van der Waals surface area contributed by atoms with E-state index in [0.717, 1.165) is 23.4 Å². The quantitative estimate of drug-likeness (QED) is 0.730. The zero-order valence-corrected chi connectivity index (χ0v) is 11.5. The van der Waals surface area contributed by atoms with Gasteiger partial charge in [-0.1, -0.05) is 37.3 Å². The molecule has 3 aromatic rings. The summed E-state index contributed by atoms with van der Waals surface area (Å²) in [7, 11) is 0. The van der Waals surface area contributed by atoms with E-state index in [4.69, 9.17) is 4.98 Å². The topological polar surface area (TPSA) is 43.6 Å². The second kappa shape index (κ2) is 4.13. The zero-order chi connectivity index (χ0) is 13.6. The average Bonchev–Trinajstić information content (AvgIpc) is 3.11. The van der Waals surface area contributed by atoms with E-state index in [2.05, 4.69) is 29.1 Å². The molecule has 0 radical (unpaired) electrons. The van der Waals surface area contributed by atoms with Crippen LogP contribution in [-0.4, -0.2) is 19.7 Å². The van der Waals surface area contributed by atoms with Crippen LogP contribution in [-0.2, 0) is 12.0 Å². The van der Waals surface area contributed by atoms with E-state index in [1.807, 2.05) is 29.1 Å². The molecule has 1 aliphatic rings. The Labute approximate surface area is 117 Å². The van der Waals surface area contributed by atoms with Crippen molar-refractivity contribution < 1.29 is 0 Å². The highest BCUT2D eigenvalue weighted by molar-refractivity contribution is 5.69. The minimum atomic E-state index is 0.239. The van der Waals surface area contributed by atoms with Crippen molar-refractivity contribution in [2.45, 2.75) is 31.7 Å². The summed E-state index contributed by atoms with van der Waals surface area (Å²) in [5, 5.41) is 4.43. The van der Waals surface area contributed by atoms with E-state index in [0.29, 0.717) is 0 Å². The Balaban J connectivity index is 1.76. The minimum Gasteiger partial charge on any atom is -0.249 e. The molecule has 4 rings (SSSR count). The van der Waals surface area contributed by atoms with Crippen LogP contribution < -0.4 is 0 Å². The van der Waals surface area contributed by atoms with E-state index in [1.54, 1.807) is 6.20 Å². The largest absolute Gasteiger partial charge is 0.249 e. The number of fused-ring (bicyclic) bond motifs is 1. The summed E-state index contributed by atoms with van der Waals surface area (Å²) in [5.74, 6) is 0. The summed E-state index contributed by atoms with van der Waals surface area (Å²) < 4.78 is 1.94. The number of aromatic nitrogens is 4. The normalized spacial score (nSPS) is 16.4. The minimum absolute atomic E-state index is 0.239. The number of rotatable bonds is 3. The Morgan fingerprint density at radius 1 is 1.15 bits per heavy atom. The first-order chi connectivity index (χ1) is 9.74. The van der Waals surface area contributed by atoms with E-state index >= 15 is 0 Å². The molecule has 0 unspecified atom stereocenters. The van der Waals surface area contributed by atoms with Gasteiger partial charge in [0.2, 0.25) is 0 Å².